The number of nitrogens with one attached hydrogen (secondary N) is 1. The fraction of sp³-hybridized carbons (Fsp3) is 0.231. The van der Waals surface area contributed by atoms with Crippen molar-refractivity contribution in [2.24, 2.45) is 5.10 Å². The van der Waals surface area contributed by atoms with Crippen LogP contribution < -0.4 is 14.9 Å². The van der Waals surface area contributed by atoms with Gasteiger partial charge in [0.05, 0.1) is 28.6 Å². The number of non-ortho nitro benzene ring substituents is 1. The monoisotopic (exact) mass is 539 g/mol. The van der Waals surface area contributed by atoms with Crippen molar-refractivity contribution in [2.45, 2.75) is 33.8 Å². The van der Waals surface area contributed by atoms with Crippen LogP contribution in [0.1, 0.15) is 34.7 Å². The van der Waals surface area contributed by atoms with Crippen LogP contribution >= 0.6 is 15.9 Å². The molecular weight excluding hydrogens is 514 g/mol. The second-order valence-electron chi connectivity index (χ2n) is 7.86. The lowest BCUT2D eigenvalue weighted by Crippen LogP contribution is -2.19. The van der Waals surface area contributed by atoms with Gasteiger partial charge in [0, 0.05) is 12.1 Å². The van der Waals surface area contributed by atoms with E-state index in [1.54, 1.807) is 24.3 Å². The molecule has 0 aliphatic rings. The number of benzene rings is 3. The first-order chi connectivity index (χ1) is 16.8. The number of nitrogens with zero attached hydrogens (tertiary/aromatic N) is 2. The van der Waals surface area contributed by atoms with E-state index in [1.165, 1.54) is 23.9 Å². The van der Waals surface area contributed by atoms with Gasteiger partial charge in [0.15, 0.2) is 11.5 Å². The molecule has 0 atom stereocenters. The van der Waals surface area contributed by atoms with Crippen LogP contribution in [-0.2, 0) is 17.8 Å². The van der Waals surface area contributed by atoms with Gasteiger partial charge in [-0.3, -0.25) is 14.9 Å². The number of nitro groups is 1. The van der Waals surface area contributed by atoms with Gasteiger partial charge in [-0.1, -0.05) is 18.2 Å². The van der Waals surface area contributed by atoms with Crippen molar-refractivity contribution in [1.29, 1.82) is 0 Å². The Morgan fingerprint density at radius 1 is 1.06 bits per heavy atom. The summed E-state index contributed by atoms with van der Waals surface area (Å²) in [6.07, 6.45) is 1.77. The first-order valence-electron chi connectivity index (χ1n) is 11.0. The number of rotatable bonds is 10. The summed E-state index contributed by atoms with van der Waals surface area (Å²) in [5.74, 6) is 0.796. The molecule has 0 spiro atoms. The van der Waals surface area contributed by atoms with E-state index in [4.69, 9.17) is 9.47 Å². The maximum Gasteiger partial charge on any atom is 0.269 e. The third kappa shape index (κ3) is 7.38. The maximum atomic E-state index is 12.3. The van der Waals surface area contributed by atoms with E-state index in [0.29, 0.717) is 28.1 Å². The second kappa shape index (κ2) is 12.1. The Morgan fingerprint density at radius 3 is 2.43 bits per heavy atom. The summed E-state index contributed by atoms with van der Waals surface area (Å²) < 4.78 is 12.3. The van der Waals surface area contributed by atoms with Crippen molar-refractivity contribution in [2.75, 3.05) is 6.61 Å². The molecule has 0 radical (unpaired) electrons. The Bertz CT molecular complexity index is 1240. The highest BCUT2D eigenvalue weighted by atomic mass is 79.9. The topological polar surface area (TPSA) is 103 Å². The van der Waals surface area contributed by atoms with Gasteiger partial charge in [0.1, 0.15) is 6.61 Å². The molecule has 35 heavy (non-hydrogen) atoms. The molecule has 0 saturated carbocycles. The number of carbonyl (C=O) groups excluding carboxylic acids is 1. The average molecular weight is 540 g/mol. The first kappa shape index (κ1) is 25.9. The Morgan fingerprint density at radius 2 is 1.77 bits per heavy atom. The number of ether oxygens (including phenoxy) is 2. The fourth-order valence-corrected chi connectivity index (χ4v) is 3.83. The third-order valence-electron chi connectivity index (χ3n) is 5.20. The summed E-state index contributed by atoms with van der Waals surface area (Å²) in [5.41, 5.74) is 7.31. The van der Waals surface area contributed by atoms with Gasteiger partial charge in [-0.15, -0.1) is 0 Å². The average Bonchev–Trinajstić information content (AvgIpc) is 2.81. The normalized spacial score (nSPS) is 10.9. The molecule has 1 amide bonds. The number of hydrogen-bond donors (Lipinski definition) is 1. The van der Waals surface area contributed by atoms with E-state index in [0.717, 1.165) is 16.7 Å². The molecule has 0 unspecified atom stereocenters. The Hall–Kier alpha value is -3.72. The summed E-state index contributed by atoms with van der Waals surface area (Å²) in [6, 6.07) is 15.7. The largest absolute Gasteiger partial charge is 0.490 e. The maximum absolute atomic E-state index is 12.3. The summed E-state index contributed by atoms with van der Waals surface area (Å²) in [4.78, 5) is 22.6. The number of hydrazone groups is 1. The molecule has 0 bridgehead atoms. The molecule has 0 fully saturated rings. The minimum absolute atomic E-state index is 0.0228. The van der Waals surface area contributed by atoms with E-state index in [-0.39, 0.29) is 24.6 Å². The summed E-state index contributed by atoms with van der Waals surface area (Å²) in [7, 11) is 0. The smallest absolute Gasteiger partial charge is 0.269 e. The number of nitro benzene ring substituents is 1. The molecule has 9 heteroatoms. The lowest BCUT2D eigenvalue weighted by Gasteiger charge is -2.14. The fourth-order valence-electron chi connectivity index (χ4n) is 3.25. The minimum Gasteiger partial charge on any atom is -0.490 e. The summed E-state index contributed by atoms with van der Waals surface area (Å²) in [5, 5.41) is 14.9. The van der Waals surface area contributed by atoms with Crippen molar-refractivity contribution in [3.63, 3.8) is 0 Å². The number of amides is 1. The Labute approximate surface area is 212 Å². The van der Waals surface area contributed by atoms with E-state index in [2.05, 4.69) is 26.5 Å². The molecular formula is C26H26BrN3O5. The molecule has 1 N–H and O–H groups in total. The molecule has 3 aromatic carbocycles. The van der Waals surface area contributed by atoms with Crippen LogP contribution in [0.3, 0.4) is 0 Å². The quantitative estimate of drug-likeness (QED) is 0.204. The first-order valence-corrected chi connectivity index (χ1v) is 11.8. The number of halogens is 1. The zero-order valence-corrected chi connectivity index (χ0v) is 21.3. The van der Waals surface area contributed by atoms with Crippen LogP contribution in [0.25, 0.3) is 0 Å². The van der Waals surface area contributed by atoms with Gasteiger partial charge in [0.2, 0.25) is 5.91 Å². The highest BCUT2D eigenvalue weighted by molar-refractivity contribution is 9.10. The van der Waals surface area contributed by atoms with Gasteiger partial charge in [0.25, 0.3) is 5.69 Å². The molecule has 182 valence electrons. The molecule has 0 heterocycles. The lowest BCUT2D eigenvalue weighted by atomic mass is 10.0. The molecule has 3 aromatic rings. The third-order valence-corrected chi connectivity index (χ3v) is 5.79. The van der Waals surface area contributed by atoms with Crippen molar-refractivity contribution in [3.05, 3.63) is 97.0 Å². The molecule has 8 nitrogen and oxygen atoms in total. The van der Waals surface area contributed by atoms with Gasteiger partial charge < -0.3 is 9.47 Å². The molecule has 0 aliphatic carbocycles. The van der Waals surface area contributed by atoms with Crippen LogP contribution in [0, 0.1) is 24.0 Å². The minimum atomic E-state index is -0.444. The van der Waals surface area contributed by atoms with Crippen LogP contribution in [0.15, 0.2) is 64.2 Å². The van der Waals surface area contributed by atoms with Gasteiger partial charge >= 0.3 is 0 Å². The highest BCUT2D eigenvalue weighted by Crippen LogP contribution is 2.37. The Kier molecular flexibility index (Phi) is 8.97. The lowest BCUT2D eigenvalue weighted by molar-refractivity contribution is -0.384. The van der Waals surface area contributed by atoms with Crippen LogP contribution in [0.2, 0.25) is 0 Å². The van der Waals surface area contributed by atoms with E-state index in [1.807, 2.05) is 39.0 Å². The molecule has 0 aromatic heterocycles. The summed E-state index contributed by atoms with van der Waals surface area (Å²) in [6.45, 7) is 6.54. The van der Waals surface area contributed by atoms with E-state index < -0.39 is 4.92 Å². The number of carbonyl (C=O) groups is 1. The van der Waals surface area contributed by atoms with Gasteiger partial charge in [-0.05, 0) is 88.8 Å². The van der Waals surface area contributed by atoms with E-state index >= 15 is 0 Å². The predicted octanol–water partition coefficient (Wildman–Crippen LogP) is 5.64. The van der Waals surface area contributed by atoms with Crippen LogP contribution in [0.5, 0.6) is 11.5 Å². The second-order valence-corrected chi connectivity index (χ2v) is 8.72. The molecule has 0 saturated heterocycles. The van der Waals surface area contributed by atoms with Gasteiger partial charge in [-0.25, -0.2) is 5.43 Å². The number of hydrogen-bond acceptors (Lipinski definition) is 6. The van der Waals surface area contributed by atoms with Crippen molar-refractivity contribution >= 4 is 33.7 Å². The highest BCUT2D eigenvalue weighted by Gasteiger charge is 2.13. The van der Waals surface area contributed by atoms with E-state index in [9.17, 15) is 14.9 Å². The summed E-state index contributed by atoms with van der Waals surface area (Å²) >= 11 is 3.51. The van der Waals surface area contributed by atoms with Crippen molar-refractivity contribution in [3.8, 4) is 11.5 Å². The van der Waals surface area contributed by atoms with Crippen LogP contribution in [-0.4, -0.2) is 23.7 Å². The van der Waals surface area contributed by atoms with Crippen LogP contribution in [0.4, 0.5) is 5.69 Å². The zero-order valence-electron chi connectivity index (χ0n) is 19.7. The molecule has 3 rings (SSSR count). The van der Waals surface area contributed by atoms with Crippen molar-refractivity contribution in [1.82, 2.24) is 5.43 Å². The standard InChI is InChI=1S/C26H26BrN3O5/c1-4-34-24-13-21(15-28-29-25(31)14-20-6-5-17(2)18(3)11-20)12-23(27)26(24)35-16-19-7-9-22(10-8-19)30(32)33/h5-13,15H,4,14,16H2,1-3H3,(H,29,31)/b28-15-. The molecule has 0 aliphatic heterocycles. The van der Waals surface area contributed by atoms with Gasteiger partial charge in [-0.2, -0.15) is 5.10 Å². The SMILES string of the molecule is CCOc1cc(/C=N\NC(=O)Cc2ccc(C)c(C)c2)cc(Br)c1OCc1ccc([N+](=O)[O-])cc1. The predicted molar refractivity (Wildman–Crippen MR) is 138 cm³/mol. The Balaban J connectivity index is 1.65. The number of aryl methyl sites for hydroxylation is 2. The van der Waals surface area contributed by atoms with Crippen molar-refractivity contribution < 1.29 is 19.2 Å². The zero-order chi connectivity index (χ0) is 25.4.